The maximum Gasteiger partial charge on any atom is 0.253 e. The highest BCUT2D eigenvalue weighted by Gasteiger charge is 2.24. The average molecular weight is 354 g/mol. The fourth-order valence-electron chi connectivity index (χ4n) is 3.58. The Morgan fingerprint density at radius 1 is 1.15 bits per heavy atom. The van der Waals surface area contributed by atoms with E-state index < -0.39 is 0 Å². The van der Waals surface area contributed by atoms with Gasteiger partial charge in [0.15, 0.2) is 0 Å². The molecule has 0 aromatic heterocycles. The minimum absolute atomic E-state index is 0.114. The van der Waals surface area contributed by atoms with Crippen LogP contribution in [0.25, 0.3) is 0 Å². The number of nitrogens with one attached hydrogen (secondary N) is 1. The van der Waals surface area contributed by atoms with E-state index in [2.05, 4.69) is 12.2 Å². The number of benzene rings is 2. The number of hydrogen-bond acceptors (Lipinski definition) is 2. The normalized spacial score (nSPS) is 16.5. The van der Waals surface area contributed by atoms with Crippen LogP contribution in [-0.4, -0.2) is 36.0 Å². The van der Waals surface area contributed by atoms with E-state index in [4.69, 9.17) is 0 Å². The number of hydrogen-bond donors (Lipinski definition) is 1. The van der Waals surface area contributed by atoms with E-state index in [-0.39, 0.29) is 17.8 Å². The van der Waals surface area contributed by atoms with Crippen LogP contribution in [0.1, 0.15) is 41.3 Å². The maximum atomic E-state index is 13.8. The predicted molar refractivity (Wildman–Crippen MR) is 103 cm³/mol. The number of nitrogens with zero attached hydrogens (tertiary/aromatic N) is 1. The fourth-order valence-corrected chi connectivity index (χ4v) is 3.58. The molecule has 1 N–H and O–H groups in total. The van der Waals surface area contributed by atoms with Gasteiger partial charge in [-0.3, -0.25) is 4.79 Å². The van der Waals surface area contributed by atoms with Crippen molar-refractivity contribution in [2.24, 2.45) is 0 Å². The molecule has 2 aromatic carbocycles. The molecule has 3 nitrogen and oxygen atoms in total. The molecule has 1 aliphatic heterocycles. The van der Waals surface area contributed by atoms with Crippen LogP contribution in [0.4, 0.5) is 4.39 Å². The quantitative estimate of drug-likeness (QED) is 0.881. The zero-order chi connectivity index (χ0) is 18.5. The zero-order valence-electron chi connectivity index (χ0n) is 15.5. The molecule has 1 fully saturated rings. The monoisotopic (exact) mass is 354 g/mol. The summed E-state index contributed by atoms with van der Waals surface area (Å²) < 4.78 is 13.8. The zero-order valence-corrected chi connectivity index (χ0v) is 15.5. The minimum atomic E-state index is -0.139. The molecule has 138 valence electrons. The van der Waals surface area contributed by atoms with E-state index in [1.165, 1.54) is 6.07 Å². The van der Waals surface area contributed by atoms with Crippen LogP contribution in [-0.2, 0) is 6.42 Å². The molecule has 3 rings (SSSR count). The van der Waals surface area contributed by atoms with Gasteiger partial charge < -0.3 is 10.2 Å². The molecule has 0 spiro atoms. The summed E-state index contributed by atoms with van der Waals surface area (Å²) in [4.78, 5) is 14.5. The van der Waals surface area contributed by atoms with Crippen molar-refractivity contribution in [2.45, 2.75) is 45.2 Å². The molecular formula is C22H27FN2O. The SMILES string of the molecule is Cc1ccc(C(=O)N2CCC(N[C@@H](C)Cc3ccccc3F)CC2)cc1. The third kappa shape index (κ3) is 4.70. The van der Waals surface area contributed by atoms with E-state index in [1.54, 1.807) is 6.07 Å². The largest absolute Gasteiger partial charge is 0.339 e. The molecule has 4 heteroatoms. The van der Waals surface area contributed by atoms with Crippen LogP contribution >= 0.6 is 0 Å². The van der Waals surface area contributed by atoms with Crippen molar-refractivity contribution < 1.29 is 9.18 Å². The molecule has 1 saturated heterocycles. The second-order valence-electron chi connectivity index (χ2n) is 7.30. The Labute approximate surface area is 155 Å². The molecule has 1 amide bonds. The van der Waals surface area contributed by atoms with Gasteiger partial charge in [0.1, 0.15) is 5.82 Å². The van der Waals surface area contributed by atoms with Crippen LogP contribution < -0.4 is 5.32 Å². The van der Waals surface area contributed by atoms with E-state index >= 15 is 0 Å². The van der Waals surface area contributed by atoms with Crippen molar-refractivity contribution in [3.63, 3.8) is 0 Å². The summed E-state index contributed by atoms with van der Waals surface area (Å²) in [6.45, 7) is 5.64. The van der Waals surface area contributed by atoms with Gasteiger partial charge in [-0.1, -0.05) is 35.9 Å². The second-order valence-corrected chi connectivity index (χ2v) is 7.30. The number of halogens is 1. The molecule has 2 aromatic rings. The second kappa shape index (κ2) is 8.45. The molecule has 1 heterocycles. The standard InChI is InChI=1S/C22H27FN2O/c1-16-7-9-18(10-8-16)22(26)25-13-11-20(12-14-25)24-17(2)15-19-5-3-4-6-21(19)23/h3-10,17,20,24H,11-15H2,1-2H3/t17-/m0/s1. The van der Waals surface area contributed by atoms with Crippen LogP contribution in [0.15, 0.2) is 48.5 Å². The molecule has 1 aliphatic rings. The Morgan fingerprint density at radius 3 is 2.46 bits per heavy atom. The summed E-state index contributed by atoms with van der Waals surface area (Å²) in [5.41, 5.74) is 2.67. The highest BCUT2D eigenvalue weighted by molar-refractivity contribution is 5.94. The Morgan fingerprint density at radius 2 is 1.81 bits per heavy atom. The molecule has 0 unspecified atom stereocenters. The summed E-state index contributed by atoms with van der Waals surface area (Å²) in [5, 5.41) is 3.60. The van der Waals surface area contributed by atoms with Gasteiger partial charge in [-0.25, -0.2) is 4.39 Å². The van der Waals surface area contributed by atoms with Gasteiger partial charge in [-0.2, -0.15) is 0 Å². The van der Waals surface area contributed by atoms with Gasteiger partial charge in [0.2, 0.25) is 0 Å². The molecule has 1 atom stereocenters. The number of piperidine rings is 1. The minimum Gasteiger partial charge on any atom is -0.339 e. The lowest BCUT2D eigenvalue weighted by Gasteiger charge is -2.34. The summed E-state index contributed by atoms with van der Waals surface area (Å²) in [6.07, 6.45) is 2.54. The van der Waals surface area contributed by atoms with Crippen molar-refractivity contribution in [3.8, 4) is 0 Å². The van der Waals surface area contributed by atoms with E-state index in [1.807, 2.05) is 48.2 Å². The number of amides is 1. The highest BCUT2D eigenvalue weighted by Crippen LogP contribution is 2.16. The maximum absolute atomic E-state index is 13.8. The van der Waals surface area contributed by atoms with Crippen LogP contribution in [0.5, 0.6) is 0 Å². The summed E-state index contributed by atoms with van der Waals surface area (Å²) in [7, 11) is 0. The van der Waals surface area contributed by atoms with Crippen LogP contribution in [0, 0.1) is 12.7 Å². The van der Waals surface area contributed by atoms with Crippen LogP contribution in [0.2, 0.25) is 0 Å². The third-order valence-corrected chi connectivity index (χ3v) is 5.08. The lowest BCUT2D eigenvalue weighted by molar-refractivity contribution is 0.0702. The number of aryl methyl sites for hydroxylation is 1. The van der Waals surface area contributed by atoms with E-state index in [9.17, 15) is 9.18 Å². The van der Waals surface area contributed by atoms with Gasteiger partial charge in [0, 0.05) is 30.7 Å². The van der Waals surface area contributed by atoms with E-state index in [0.717, 1.165) is 42.6 Å². The van der Waals surface area contributed by atoms with Crippen molar-refractivity contribution >= 4 is 5.91 Å². The smallest absolute Gasteiger partial charge is 0.253 e. The van der Waals surface area contributed by atoms with Crippen molar-refractivity contribution in [1.82, 2.24) is 10.2 Å². The lowest BCUT2D eigenvalue weighted by atomic mass is 10.0. The summed E-state index contributed by atoms with van der Waals surface area (Å²) in [5.74, 6) is -0.0254. The molecule has 0 bridgehead atoms. The van der Waals surface area contributed by atoms with Crippen molar-refractivity contribution in [3.05, 3.63) is 71.0 Å². The number of likely N-dealkylation sites (tertiary alicyclic amines) is 1. The first-order valence-corrected chi connectivity index (χ1v) is 9.38. The highest BCUT2D eigenvalue weighted by atomic mass is 19.1. The Kier molecular flexibility index (Phi) is 6.04. The first kappa shape index (κ1) is 18.6. The van der Waals surface area contributed by atoms with Crippen molar-refractivity contribution in [1.29, 1.82) is 0 Å². The molecular weight excluding hydrogens is 327 g/mol. The van der Waals surface area contributed by atoms with Crippen LogP contribution in [0.3, 0.4) is 0 Å². The van der Waals surface area contributed by atoms with E-state index in [0.29, 0.717) is 12.5 Å². The third-order valence-electron chi connectivity index (χ3n) is 5.08. The molecule has 0 saturated carbocycles. The van der Waals surface area contributed by atoms with Crippen molar-refractivity contribution in [2.75, 3.05) is 13.1 Å². The lowest BCUT2D eigenvalue weighted by Crippen LogP contribution is -2.47. The number of carbonyl (C=O) groups excluding carboxylic acids is 1. The Bertz CT molecular complexity index is 736. The predicted octanol–water partition coefficient (Wildman–Crippen LogP) is 3.96. The van der Waals surface area contributed by atoms with Gasteiger partial charge in [0.05, 0.1) is 0 Å². The fraction of sp³-hybridized carbons (Fsp3) is 0.409. The summed E-state index contributed by atoms with van der Waals surface area (Å²) in [6, 6.07) is 15.3. The van der Waals surface area contributed by atoms with Gasteiger partial charge in [-0.15, -0.1) is 0 Å². The number of rotatable bonds is 5. The Hall–Kier alpha value is -2.20. The van der Waals surface area contributed by atoms with Gasteiger partial charge in [0.25, 0.3) is 5.91 Å². The topological polar surface area (TPSA) is 32.3 Å². The Balaban J connectivity index is 1.48. The number of carbonyl (C=O) groups is 1. The molecule has 0 aliphatic carbocycles. The first-order valence-electron chi connectivity index (χ1n) is 9.38. The van der Waals surface area contributed by atoms with Gasteiger partial charge in [-0.05, 0) is 56.9 Å². The first-order chi connectivity index (χ1) is 12.5. The molecule has 26 heavy (non-hydrogen) atoms. The van der Waals surface area contributed by atoms with Gasteiger partial charge >= 0.3 is 0 Å². The average Bonchev–Trinajstić information content (AvgIpc) is 2.64. The molecule has 0 radical (unpaired) electrons. The summed E-state index contributed by atoms with van der Waals surface area (Å²) >= 11 is 0.